The molecule has 2 amide bonds. The number of hydrogen-bond acceptors (Lipinski definition) is 4. The smallest absolute Gasteiger partial charge is 0.255 e. The van der Waals surface area contributed by atoms with Gasteiger partial charge >= 0.3 is 0 Å². The highest BCUT2D eigenvalue weighted by molar-refractivity contribution is 6.04. The molecule has 0 saturated carbocycles. The fraction of sp³-hybridized carbons (Fsp3) is 0.286. The lowest BCUT2D eigenvalue weighted by molar-refractivity contribution is -0.117. The van der Waals surface area contributed by atoms with Crippen LogP contribution in [0.15, 0.2) is 72.8 Å². The van der Waals surface area contributed by atoms with Gasteiger partial charge in [0.15, 0.2) is 0 Å². The average Bonchev–Trinajstić information content (AvgIpc) is 2.84. The molecule has 176 valence electrons. The van der Waals surface area contributed by atoms with Crippen LogP contribution in [0.1, 0.15) is 27.0 Å². The lowest BCUT2D eigenvalue weighted by Crippen LogP contribution is -2.48. The maximum atomic E-state index is 12.5. The summed E-state index contributed by atoms with van der Waals surface area (Å²) in [6.45, 7) is 8.87. The number of carbonyl (C=O) groups excluding carboxylic acids is 2. The van der Waals surface area contributed by atoms with Crippen molar-refractivity contribution >= 4 is 23.2 Å². The lowest BCUT2D eigenvalue weighted by atomic mass is 10.1. The summed E-state index contributed by atoms with van der Waals surface area (Å²) in [4.78, 5) is 29.5. The molecule has 0 aliphatic carbocycles. The van der Waals surface area contributed by atoms with E-state index in [-0.39, 0.29) is 11.8 Å². The standard InChI is InChI=1S/C28H32N4O2/c1-21-7-6-10-26(22(21)2)30-27(33)20-32-17-15-31(16-18-32)19-23-11-13-24(14-12-23)28(34)29-25-8-4-3-5-9-25/h3-14H,15-20H2,1-2H3,(H,29,34)(H,30,33). The van der Waals surface area contributed by atoms with Gasteiger partial charge in [0.25, 0.3) is 5.91 Å². The Balaban J connectivity index is 1.22. The van der Waals surface area contributed by atoms with Gasteiger partial charge in [-0.05, 0) is 60.9 Å². The second-order valence-corrected chi connectivity index (χ2v) is 8.87. The normalized spacial score (nSPS) is 14.5. The molecule has 34 heavy (non-hydrogen) atoms. The highest BCUT2D eigenvalue weighted by Crippen LogP contribution is 2.18. The topological polar surface area (TPSA) is 64.7 Å². The van der Waals surface area contributed by atoms with Gasteiger partial charge in [-0.25, -0.2) is 0 Å². The number of nitrogens with zero attached hydrogens (tertiary/aromatic N) is 2. The summed E-state index contributed by atoms with van der Waals surface area (Å²) < 4.78 is 0. The van der Waals surface area contributed by atoms with Crippen LogP contribution in [0.4, 0.5) is 11.4 Å². The molecule has 1 aliphatic rings. The van der Waals surface area contributed by atoms with Crippen molar-refractivity contribution in [2.45, 2.75) is 20.4 Å². The number of nitrogens with one attached hydrogen (secondary N) is 2. The Morgan fingerprint density at radius 3 is 2.15 bits per heavy atom. The summed E-state index contributed by atoms with van der Waals surface area (Å²) in [7, 11) is 0. The van der Waals surface area contributed by atoms with Crippen LogP contribution in [-0.4, -0.2) is 54.3 Å². The molecule has 1 saturated heterocycles. The van der Waals surface area contributed by atoms with E-state index in [9.17, 15) is 9.59 Å². The van der Waals surface area contributed by atoms with Crippen LogP contribution in [-0.2, 0) is 11.3 Å². The third-order valence-electron chi connectivity index (χ3n) is 6.36. The van der Waals surface area contributed by atoms with Gasteiger partial charge in [-0.1, -0.05) is 42.5 Å². The number of benzene rings is 3. The minimum atomic E-state index is -0.106. The van der Waals surface area contributed by atoms with Gasteiger partial charge < -0.3 is 10.6 Å². The molecule has 6 heteroatoms. The van der Waals surface area contributed by atoms with E-state index < -0.39 is 0 Å². The third kappa shape index (κ3) is 6.31. The second kappa shape index (κ2) is 11.1. The van der Waals surface area contributed by atoms with E-state index in [4.69, 9.17) is 0 Å². The molecule has 6 nitrogen and oxygen atoms in total. The molecule has 0 atom stereocenters. The maximum Gasteiger partial charge on any atom is 0.255 e. The first-order chi connectivity index (χ1) is 16.5. The Kier molecular flexibility index (Phi) is 7.72. The van der Waals surface area contributed by atoms with E-state index in [1.807, 2.05) is 73.7 Å². The summed E-state index contributed by atoms with van der Waals surface area (Å²) in [5, 5.41) is 5.96. The zero-order chi connectivity index (χ0) is 23.9. The van der Waals surface area contributed by atoms with Crippen molar-refractivity contribution in [1.29, 1.82) is 0 Å². The highest BCUT2D eigenvalue weighted by Gasteiger charge is 2.19. The van der Waals surface area contributed by atoms with Crippen molar-refractivity contribution in [3.8, 4) is 0 Å². The summed E-state index contributed by atoms with van der Waals surface area (Å²) in [5.74, 6) is -0.0722. The number of rotatable bonds is 7. The van der Waals surface area contributed by atoms with Gasteiger partial charge in [0.2, 0.25) is 5.91 Å². The average molecular weight is 457 g/mol. The molecule has 1 aliphatic heterocycles. The molecule has 0 radical (unpaired) electrons. The Labute approximate surface area is 201 Å². The van der Waals surface area contributed by atoms with Crippen molar-refractivity contribution in [1.82, 2.24) is 9.80 Å². The molecule has 4 rings (SSSR count). The Morgan fingerprint density at radius 2 is 1.44 bits per heavy atom. The van der Waals surface area contributed by atoms with E-state index in [1.54, 1.807) is 0 Å². The second-order valence-electron chi connectivity index (χ2n) is 8.87. The van der Waals surface area contributed by atoms with Gasteiger partial charge in [0, 0.05) is 49.7 Å². The van der Waals surface area contributed by atoms with Gasteiger partial charge in [-0.15, -0.1) is 0 Å². The minimum absolute atomic E-state index is 0.0338. The molecule has 2 N–H and O–H groups in total. The van der Waals surface area contributed by atoms with E-state index in [2.05, 4.69) is 33.4 Å². The van der Waals surface area contributed by atoms with Gasteiger partial charge in [0.05, 0.1) is 6.54 Å². The van der Waals surface area contributed by atoms with Crippen molar-refractivity contribution in [3.63, 3.8) is 0 Å². The Bertz CT molecular complexity index is 1120. The first kappa shape index (κ1) is 23.7. The molecule has 0 bridgehead atoms. The molecule has 1 fully saturated rings. The van der Waals surface area contributed by atoms with Gasteiger partial charge in [0.1, 0.15) is 0 Å². The Morgan fingerprint density at radius 1 is 0.765 bits per heavy atom. The van der Waals surface area contributed by atoms with Crippen LogP contribution in [0.2, 0.25) is 0 Å². The quantitative estimate of drug-likeness (QED) is 0.556. The molecule has 0 unspecified atom stereocenters. The first-order valence-electron chi connectivity index (χ1n) is 11.7. The van der Waals surface area contributed by atoms with Crippen LogP contribution in [0, 0.1) is 13.8 Å². The summed E-state index contributed by atoms with van der Waals surface area (Å²) in [5.41, 5.74) is 5.80. The fourth-order valence-electron chi connectivity index (χ4n) is 4.13. The van der Waals surface area contributed by atoms with E-state index in [1.165, 1.54) is 11.1 Å². The van der Waals surface area contributed by atoms with Crippen LogP contribution < -0.4 is 10.6 Å². The van der Waals surface area contributed by atoms with E-state index in [0.29, 0.717) is 12.1 Å². The molecule has 0 aromatic heterocycles. The lowest BCUT2D eigenvalue weighted by Gasteiger charge is -2.34. The minimum Gasteiger partial charge on any atom is -0.325 e. The van der Waals surface area contributed by atoms with Crippen LogP contribution in [0.3, 0.4) is 0 Å². The zero-order valence-electron chi connectivity index (χ0n) is 19.9. The number of hydrogen-bond donors (Lipinski definition) is 2. The van der Waals surface area contributed by atoms with E-state index in [0.717, 1.165) is 49.7 Å². The van der Waals surface area contributed by atoms with Crippen molar-refractivity contribution in [3.05, 3.63) is 95.1 Å². The van der Waals surface area contributed by atoms with Crippen molar-refractivity contribution < 1.29 is 9.59 Å². The van der Waals surface area contributed by atoms with Gasteiger partial charge in [-0.2, -0.15) is 0 Å². The molecule has 0 spiro atoms. The predicted molar refractivity (Wildman–Crippen MR) is 137 cm³/mol. The number of aryl methyl sites for hydroxylation is 1. The molecular weight excluding hydrogens is 424 g/mol. The van der Waals surface area contributed by atoms with Crippen molar-refractivity contribution in [2.75, 3.05) is 43.4 Å². The van der Waals surface area contributed by atoms with Crippen molar-refractivity contribution in [2.24, 2.45) is 0 Å². The third-order valence-corrected chi connectivity index (χ3v) is 6.36. The number of anilines is 2. The molecule has 1 heterocycles. The largest absolute Gasteiger partial charge is 0.325 e. The first-order valence-corrected chi connectivity index (χ1v) is 11.7. The molecule has 3 aromatic carbocycles. The zero-order valence-corrected chi connectivity index (χ0v) is 19.9. The molecule has 3 aromatic rings. The number of para-hydroxylation sites is 1. The number of amides is 2. The number of piperazine rings is 1. The molecular formula is C28H32N4O2. The SMILES string of the molecule is Cc1cccc(NC(=O)CN2CCN(Cc3ccc(C(=O)Nc4ccccc4)cc3)CC2)c1C. The van der Waals surface area contributed by atoms with Crippen LogP contribution in [0.25, 0.3) is 0 Å². The fourth-order valence-corrected chi connectivity index (χ4v) is 4.13. The highest BCUT2D eigenvalue weighted by atomic mass is 16.2. The number of carbonyl (C=O) groups is 2. The Hall–Kier alpha value is -3.48. The monoisotopic (exact) mass is 456 g/mol. The predicted octanol–water partition coefficient (Wildman–Crippen LogP) is 4.31. The van der Waals surface area contributed by atoms with Crippen LogP contribution in [0.5, 0.6) is 0 Å². The summed E-state index contributed by atoms with van der Waals surface area (Å²) >= 11 is 0. The van der Waals surface area contributed by atoms with E-state index >= 15 is 0 Å². The van der Waals surface area contributed by atoms with Crippen LogP contribution >= 0.6 is 0 Å². The summed E-state index contributed by atoms with van der Waals surface area (Å²) in [6, 6.07) is 23.2. The summed E-state index contributed by atoms with van der Waals surface area (Å²) in [6.07, 6.45) is 0. The maximum absolute atomic E-state index is 12.5. The van der Waals surface area contributed by atoms with Gasteiger partial charge in [-0.3, -0.25) is 19.4 Å².